The molecule has 114 valence electrons. The van der Waals surface area contributed by atoms with Crippen molar-refractivity contribution in [3.05, 3.63) is 22.6 Å². The maximum atomic E-state index is 11.9. The van der Waals surface area contributed by atoms with E-state index in [1.54, 1.807) is 19.4 Å². The van der Waals surface area contributed by atoms with E-state index in [1.165, 1.54) is 4.68 Å². The first-order chi connectivity index (χ1) is 9.69. The summed E-state index contributed by atoms with van der Waals surface area (Å²) >= 11 is 0. The van der Waals surface area contributed by atoms with Crippen LogP contribution in [-0.4, -0.2) is 48.8 Å². The van der Waals surface area contributed by atoms with Crippen molar-refractivity contribution in [2.45, 2.75) is 32.2 Å². The Hall–Kier alpha value is -1.40. The van der Waals surface area contributed by atoms with Gasteiger partial charge in [0.2, 0.25) is 0 Å². The molecule has 0 aliphatic carbocycles. The minimum absolute atomic E-state index is 0.0751. The number of nitrogens with zero attached hydrogens (tertiary/aromatic N) is 3. The summed E-state index contributed by atoms with van der Waals surface area (Å²) in [5, 5.41) is 12.9. The number of aliphatic hydroxyl groups is 1. The number of anilines is 1. The van der Waals surface area contributed by atoms with Gasteiger partial charge in [0, 0.05) is 39.9 Å². The summed E-state index contributed by atoms with van der Waals surface area (Å²) in [6.45, 7) is 2.21. The molecule has 0 unspecified atom stereocenters. The fourth-order valence-corrected chi connectivity index (χ4v) is 1.88. The monoisotopic (exact) mass is 283 g/mol. The second kappa shape index (κ2) is 9.50. The van der Waals surface area contributed by atoms with Gasteiger partial charge in [-0.2, -0.15) is 5.10 Å². The summed E-state index contributed by atoms with van der Waals surface area (Å²) in [5.41, 5.74) is 0.734. The average molecular weight is 283 g/mol. The number of ether oxygens (including phenoxy) is 1. The van der Waals surface area contributed by atoms with Gasteiger partial charge in [-0.25, -0.2) is 4.68 Å². The Balaban J connectivity index is 2.48. The summed E-state index contributed by atoms with van der Waals surface area (Å²) in [6.07, 6.45) is 5.44. The molecule has 0 bridgehead atoms. The lowest BCUT2D eigenvalue weighted by Gasteiger charge is -2.18. The highest BCUT2D eigenvalue weighted by Crippen LogP contribution is 2.07. The molecule has 1 heterocycles. The topological polar surface area (TPSA) is 67.6 Å². The molecule has 6 nitrogen and oxygen atoms in total. The molecule has 0 fully saturated rings. The van der Waals surface area contributed by atoms with Crippen LogP contribution in [0.5, 0.6) is 0 Å². The first kappa shape index (κ1) is 16.7. The quantitative estimate of drug-likeness (QED) is 0.646. The molecule has 0 saturated heterocycles. The largest absolute Gasteiger partial charge is 0.396 e. The number of rotatable bonds is 10. The second-order valence-electron chi connectivity index (χ2n) is 4.83. The van der Waals surface area contributed by atoms with Crippen molar-refractivity contribution in [2.75, 3.05) is 38.8 Å². The Morgan fingerprint density at radius 3 is 2.75 bits per heavy atom. The number of aromatic nitrogens is 2. The molecule has 0 aliphatic rings. The van der Waals surface area contributed by atoms with E-state index in [-0.39, 0.29) is 12.2 Å². The van der Waals surface area contributed by atoms with Crippen LogP contribution in [0.15, 0.2) is 17.1 Å². The van der Waals surface area contributed by atoms with Crippen LogP contribution in [-0.2, 0) is 11.3 Å². The van der Waals surface area contributed by atoms with Crippen molar-refractivity contribution in [3.8, 4) is 0 Å². The Bertz CT molecular complexity index is 434. The van der Waals surface area contributed by atoms with Crippen molar-refractivity contribution in [1.29, 1.82) is 0 Å². The number of hydrogen-bond acceptors (Lipinski definition) is 5. The fraction of sp³-hybridized carbons (Fsp3) is 0.714. The molecule has 0 radical (unpaired) electrons. The minimum atomic E-state index is -0.0751. The molecule has 6 heteroatoms. The van der Waals surface area contributed by atoms with Crippen molar-refractivity contribution in [3.63, 3.8) is 0 Å². The van der Waals surface area contributed by atoms with Crippen LogP contribution in [0.2, 0.25) is 0 Å². The number of likely N-dealkylation sites (N-methyl/N-ethyl adjacent to an activating group) is 1. The minimum Gasteiger partial charge on any atom is -0.396 e. The number of hydrogen-bond donors (Lipinski definition) is 1. The predicted octanol–water partition coefficient (Wildman–Crippen LogP) is 0.879. The van der Waals surface area contributed by atoms with Crippen LogP contribution in [0.3, 0.4) is 0 Å². The van der Waals surface area contributed by atoms with E-state index in [9.17, 15) is 4.79 Å². The number of aliphatic hydroxyl groups excluding tert-OH is 1. The van der Waals surface area contributed by atoms with Gasteiger partial charge in [0.15, 0.2) is 0 Å². The van der Waals surface area contributed by atoms with E-state index in [4.69, 9.17) is 9.84 Å². The Kier molecular flexibility index (Phi) is 7.91. The Morgan fingerprint density at radius 1 is 1.35 bits per heavy atom. The third-order valence-electron chi connectivity index (χ3n) is 3.20. The molecule has 1 rings (SSSR count). The fourth-order valence-electron chi connectivity index (χ4n) is 1.88. The molecule has 0 aromatic carbocycles. The zero-order valence-electron chi connectivity index (χ0n) is 12.4. The SMILES string of the molecule is COCCN(C)c1cnn(CCCCCCO)c(=O)c1. The van der Waals surface area contributed by atoms with E-state index in [2.05, 4.69) is 5.10 Å². The van der Waals surface area contributed by atoms with Crippen LogP contribution in [0.1, 0.15) is 25.7 Å². The van der Waals surface area contributed by atoms with E-state index < -0.39 is 0 Å². The van der Waals surface area contributed by atoms with Crippen LogP contribution in [0.25, 0.3) is 0 Å². The molecular formula is C14H25N3O3. The summed E-state index contributed by atoms with van der Waals surface area (Å²) in [6, 6.07) is 1.61. The molecule has 0 saturated carbocycles. The molecule has 0 amide bonds. The lowest BCUT2D eigenvalue weighted by atomic mass is 10.2. The zero-order valence-corrected chi connectivity index (χ0v) is 12.4. The van der Waals surface area contributed by atoms with Crippen molar-refractivity contribution < 1.29 is 9.84 Å². The lowest BCUT2D eigenvalue weighted by Crippen LogP contribution is -2.27. The van der Waals surface area contributed by atoms with Gasteiger partial charge >= 0.3 is 0 Å². The van der Waals surface area contributed by atoms with E-state index in [0.29, 0.717) is 13.2 Å². The standard InChI is InChI=1S/C14H25N3O3/c1-16(8-10-20-2)13-11-14(19)17(15-12-13)7-5-3-4-6-9-18/h11-12,18H,3-10H2,1-2H3. The van der Waals surface area contributed by atoms with Crippen molar-refractivity contribution in [2.24, 2.45) is 0 Å². The third kappa shape index (κ3) is 5.71. The van der Waals surface area contributed by atoms with Crippen LogP contribution in [0, 0.1) is 0 Å². The number of unbranched alkanes of at least 4 members (excludes halogenated alkanes) is 3. The average Bonchev–Trinajstić information content (AvgIpc) is 2.46. The first-order valence-electron chi connectivity index (χ1n) is 7.07. The highest BCUT2D eigenvalue weighted by molar-refractivity contribution is 5.41. The maximum Gasteiger partial charge on any atom is 0.268 e. The molecular weight excluding hydrogens is 258 g/mol. The van der Waals surface area contributed by atoms with Gasteiger partial charge < -0.3 is 14.7 Å². The van der Waals surface area contributed by atoms with Crippen LogP contribution in [0.4, 0.5) is 5.69 Å². The van der Waals surface area contributed by atoms with Gasteiger partial charge in [-0.05, 0) is 12.8 Å². The Labute approximate surface area is 120 Å². The smallest absolute Gasteiger partial charge is 0.268 e. The lowest BCUT2D eigenvalue weighted by molar-refractivity contribution is 0.206. The molecule has 0 aliphatic heterocycles. The van der Waals surface area contributed by atoms with Gasteiger partial charge in [-0.1, -0.05) is 12.8 Å². The molecule has 20 heavy (non-hydrogen) atoms. The summed E-state index contributed by atoms with van der Waals surface area (Å²) in [4.78, 5) is 13.9. The predicted molar refractivity (Wildman–Crippen MR) is 79.2 cm³/mol. The van der Waals surface area contributed by atoms with E-state index in [1.807, 2.05) is 11.9 Å². The molecule has 1 aromatic heterocycles. The van der Waals surface area contributed by atoms with Gasteiger partial charge in [0.25, 0.3) is 5.56 Å². The van der Waals surface area contributed by atoms with Crippen LogP contribution >= 0.6 is 0 Å². The normalized spacial score (nSPS) is 10.8. The van der Waals surface area contributed by atoms with Crippen LogP contribution < -0.4 is 10.5 Å². The van der Waals surface area contributed by atoms with Gasteiger partial charge in [0.1, 0.15) is 0 Å². The van der Waals surface area contributed by atoms with Crippen molar-refractivity contribution in [1.82, 2.24) is 9.78 Å². The summed E-state index contributed by atoms with van der Waals surface area (Å²) in [7, 11) is 3.57. The number of methoxy groups -OCH3 is 1. The van der Waals surface area contributed by atoms with E-state index >= 15 is 0 Å². The zero-order chi connectivity index (χ0) is 14.8. The van der Waals surface area contributed by atoms with Gasteiger partial charge in [-0.15, -0.1) is 0 Å². The summed E-state index contributed by atoms with van der Waals surface area (Å²) in [5.74, 6) is 0. The Morgan fingerprint density at radius 2 is 2.10 bits per heavy atom. The highest BCUT2D eigenvalue weighted by atomic mass is 16.5. The summed E-state index contributed by atoms with van der Waals surface area (Å²) < 4.78 is 6.50. The van der Waals surface area contributed by atoms with E-state index in [0.717, 1.165) is 37.9 Å². The second-order valence-corrected chi connectivity index (χ2v) is 4.83. The van der Waals surface area contributed by atoms with Gasteiger partial charge in [0.05, 0.1) is 18.5 Å². The molecule has 0 spiro atoms. The molecule has 1 N–H and O–H groups in total. The third-order valence-corrected chi connectivity index (χ3v) is 3.20. The maximum absolute atomic E-state index is 11.9. The van der Waals surface area contributed by atoms with Crippen molar-refractivity contribution >= 4 is 5.69 Å². The molecule has 1 aromatic rings. The first-order valence-corrected chi connectivity index (χ1v) is 7.07. The number of aryl methyl sites for hydroxylation is 1. The van der Waals surface area contributed by atoms with Gasteiger partial charge in [-0.3, -0.25) is 4.79 Å². The molecule has 0 atom stereocenters. The highest BCUT2D eigenvalue weighted by Gasteiger charge is 2.04.